The molecule has 0 N–H and O–H groups in total. The minimum absolute atomic E-state index is 0.0181. The molecule has 2 aromatic rings. The number of hydroxylamine groups is 2. The summed E-state index contributed by atoms with van der Waals surface area (Å²) >= 11 is 0. The van der Waals surface area contributed by atoms with Gasteiger partial charge < -0.3 is 4.84 Å². The molecule has 1 fully saturated rings. The van der Waals surface area contributed by atoms with Crippen molar-refractivity contribution >= 4 is 17.8 Å². The Labute approximate surface area is 143 Å². The molecule has 6 heteroatoms. The van der Waals surface area contributed by atoms with Gasteiger partial charge in [0.1, 0.15) is 0 Å². The van der Waals surface area contributed by atoms with Crippen LogP contribution in [0.3, 0.4) is 0 Å². The van der Waals surface area contributed by atoms with Gasteiger partial charge in [-0.25, -0.2) is 4.79 Å². The van der Waals surface area contributed by atoms with Crippen molar-refractivity contribution in [2.24, 2.45) is 5.92 Å². The number of hydrogen-bond donors (Lipinski definition) is 0. The van der Waals surface area contributed by atoms with Gasteiger partial charge in [0.25, 0.3) is 11.8 Å². The van der Waals surface area contributed by atoms with E-state index >= 15 is 0 Å². The van der Waals surface area contributed by atoms with Crippen LogP contribution in [0.5, 0.6) is 0 Å². The quantitative estimate of drug-likeness (QED) is 0.806. The van der Waals surface area contributed by atoms with Gasteiger partial charge in [-0.2, -0.15) is 5.26 Å². The second-order valence-corrected chi connectivity index (χ2v) is 6.04. The van der Waals surface area contributed by atoms with E-state index in [0.717, 1.165) is 5.56 Å². The average molecular weight is 332 g/mol. The van der Waals surface area contributed by atoms with Crippen molar-refractivity contribution in [2.45, 2.75) is 12.3 Å². The van der Waals surface area contributed by atoms with E-state index in [1.807, 2.05) is 6.07 Å². The van der Waals surface area contributed by atoms with E-state index in [0.29, 0.717) is 17.0 Å². The molecule has 6 nitrogen and oxygen atoms in total. The topological polar surface area (TPSA) is 87.5 Å². The molecule has 0 unspecified atom stereocenters. The van der Waals surface area contributed by atoms with Gasteiger partial charge in [-0.15, -0.1) is 0 Å². The standard InChI is InChI=1S/C19H12N2O4/c20-10-11-5-7-12(8-6-11)15-9-16(15)19(24)25-21-17(22)13-3-1-2-4-14(13)18(21)23/h1-8,15-16H,9H2/t15-,16+/m0/s1. The first kappa shape index (κ1) is 15.1. The van der Waals surface area contributed by atoms with Gasteiger partial charge in [0.05, 0.1) is 28.7 Å². The zero-order chi connectivity index (χ0) is 17.6. The normalized spacial score (nSPS) is 20.8. The van der Waals surface area contributed by atoms with Gasteiger partial charge in [0.15, 0.2) is 0 Å². The first-order chi connectivity index (χ1) is 12.1. The maximum absolute atomic E-state index is 12.3. The molecule has 1 aliphatic carbocycles. The summed E-state index contributed by atoms with van der Waals surface area (Å²) in [6.45, 7) is 0. The third-order valence-electron chi connectivity index (χ3n) is 4.50. The highest BCUT2D eigenvalue weighted by Crippen LogP contribution is 2.48. The lowest BCUT2D eigenvalue weighted by atomic mass is 10.1. The fraction of sp³-hybridized carbons (Fsp3) is 0.158. The number of rotatable bonds is 3. The van der Waals surface area contributed by atoms with E-state index in [1.165, 1.54) is 12.1 Å². The maximum atomic E-state index is 12.3. The van der Waals surface area contributed by atoms with Crippen LogP contribution in [0.4, 0.5) is 0 Å². The molecule has 122 valence electrons. The molecule has 2 aliphatic rings. The molecule has 4 rings (SSSR count). The lowest BCUT2D eigenvalue weighted by Crippen LogP contribution is -2.33. The van der Waals surface area contributed by atoms with Crippen LogP contribution in [0.15, 0.2) is 48.5 Å². The Morgan fingerprint density at radius 3 is 2.20 bits per heavy atom. The minimum Gasteiger partial charge on any atom is -0.329 e. The number of nitrogens with zero attached hydrogens (tertiary/aromatic N) is 2. The van der Waals surface area contributed by atoms with Crippen LogP contribution in [-0.2, 0) is 9.63 Å². The fourth-order valence-electron chi connectivity index (χ4n) is 3.04. The Morgan fingerprint density at radius 1 is 1.04 bits per heavy atom. The molecule has 0 aromatic heterocycles. The van der Waals surface area contributed by atoms with Crippen LogP contribution < -0.4 is 0 Å². The van der Waals surface area contributed by atoms with E-state index in [4.69, 9.17) is 10.1 Å². The van der Waals surface area contributed by atoms with Gasteiger partial charge in [-0.05, 0) is 42.2 Å². The van der Waals surface area contributed by atoms with Gasteiger partial charge in [-0.1, -0.05) is 29.3 Å². The zero-order valence-corrected chi connectivity index (χ0v) is 13.0. The molecule has 0 saturated heterocycles. The summed E-state index contributed by atoms with van der Waals surface area (Å²) in [5.74, 6) is -2.24. The molecule has 1 heterocycles. The maximum Gasteiger partial charge on any atom is 0.336 e. The highest BCUT2D eigenvalue weighted by Gasteiger charge is 2.48. The van der Waals surface area contributed by atoms with Crippen LogP contribution in [0.25, 0.3) is 0 Å². The zero-order valence-electron chi connectivity index (χ0n) is 13.0. The summed E-state index contributed by atoms with van der Waals surface area (Å²) in [6, 6.07) is 15.4. The van der Waals surface area contributed by atoms with E-state index in [2.05, 4.69) is 0 Å². The number of carbonyl (C=O) groups is 3. The van der Waals surface area contributed by atoms with E-state index in [-0.39, 0.29) is 17.0 Å². The van der Waals surface area contributed by atoms with Crippen molar-refractivity contribution in [3.8, 4) is 6.07 Å². The number of fused-ring (bicyclic) bond motifs is 1. The SMILES string of the molecule is N#Cc1ccc([C@@H]2C[C@H]2C(=O)ON2C(=O)c3ccccc3C2=O)cc1. The third-order valence-corrected chi connectivity index (χ3v) is 4.50. The molecule has 2 atom stereocenters. The predicted octanol–water partition coefficient (Wildman–Crippen LogP) is 2.42. The van der Waals surface area contributed by atoms with E-state index in [1.54, 1.807) is 36.4 Å². The van der Waals surface area contributed by atoms with Gasteiger partial charge in [0, 0.05) is 0 Å². The third kappa shape index (κ3) is 2.46. The molecule has 1 saturated carbocycles. The lowest BCUT2D eigenvalue weighted by molar-refractivity contribution is -0.170. The molecule has 2 aromatic carbocycles. The molecule has 25 heavy (non-hydrogen) atoms. The van der Waals surface area contributed by atoms with Crippen LogP contribution in [-0.4, -0.2) is 22.8 Å². The molecule has 2 amide bonds. The van der Waals surface area contributed by atoms with Crippen molar-refractivity contribution in [1.29, 1.82) is 5.26 Å². The summed E-state index contributed by atoms with van der Waals surface area (Å²) in [5.41, 5.74) is 1.96. The summed E-state index contributed by atoms with van der Waals surface area (Å²) < 4.78 is 0. The molecular formula is C19H12N2O4. The van der Waals surface area contributed by atoms with Crippen molar-refractivity contribution in [3.05, 3.63) is 70.8 Å². The van der Waals surface area contributed by atoms with Crippen molar-refractivity contribution in [2.75, 3.05) is 0 Å². The first-order valence-electron chi connectivity index (χ1n) is 7.80. The van der Waals surface area contributed by atoms with Crippen molar-refractivity contribution in [3.63, 3.8) is 0 Å². The molecule has 0 bridgehead atoms. The number of benzene rings is 2. The Kier molecular flexibility index (Phi) is 3.36. The number of imide groups is 1. The lowest BCUT2D eigenvalue weighted by Gasteiger charge is -2.12. The minimum atomic E-state index is -0.621. The molecule has 0 radical (unpaired) electrons. The number of carbonyl (C=O) groups excluding carboxylic acids is 3. The highest BCUT2D eigenvalue weighted by molar-refractivity contribution is 6.20. The van der Waals surface area contributed by atoms with Crippen LogP contribution in [0, 0.1) is 17.2 Å². The summed E-state index contributed by atoms with van der Waals surface area (Å²) in [4.78, 5) is 41.8. The smallest absolute Gasteiger partial charge is 0.329 e. The summed E-state index contributed by atoms with van der Waals surface area (Å²) in [6.07, 6.45) is 0.591. The predicted molar refractivity (Wildman–Crippen MR) is 85.0 cm³/mol. The van der Waals surface area contributed by atoms with Gasteiger partial charge in [0.2, 0.25) is 0 Å². The monoisotopic (exact) mass is 332 g/mol. The van der Waals surface area contributed by atoms with Crippen molar-refractivity contribution in [1.82, 2.24) is 5.06 Å². The number of hydrogen-bond acceptors (Lipinski definition) is 5. The van der Waals surface area contributed by atoms with E-state index in [9.17, 15) is 14.4 Å². The molecule has 0 spiro atoms. The number of nitriles is 1. The van der Waals surface area contributed by atoms with Crippen LogP contribution in [0.2, 0.25) is 0 Å². The second-order valence-electron chi connectivity index (χ2n) is 6.04. The summed E-state index contributed by atoms with van der Waals surface area (Å²) in [7, 11) is 0. The second kappa shape index (κ2) is 5.56. The van der Waals surface area contributed by atoms with Crippen LogP contribution >= 0.6 is 0 Å². The summed E-state index contributed by atoms with van der Waals surface area (Å²) in [5, 5.41) is 9.36. The Morgan fingerprint density at radius 2 is 1.64 bits per heavy atom. The Balaban J connectivity index is 1.45. The Bertz CT molecular complexity index is 908. The van der Waals surface area contributed by atoms with Gasteiger partial charge in [-0.3, -0.25) is 9.59 Å². The average Bonchev–Trinajstić information content (AvgIpc) is 3.42. The molecular weight excluding hydrogens is 320 g/mol. The molecule has 1 aliphatic heterocycles. The fourth-order valence-corrected chi connectivity index (χ4v) is 3.04. The van der Waals surface area contributed by atoms with Gasteiger partial charge >= 0.3 is 5.97 Å². The number of amides is 2. The van der Waals surface area contributed by atoms with Crippen LogP contribution in [0.1, 0.15) is 44.2 Å². The Hall–Kier alpha value is -3.46. The highest BCUT2D eigenvalue weighted by atomic mass is 16.7. The first-order valence-corrected chi connectivity index (χ1v) is 7.80. The van der Waals surface area contributed by atoms with E-state index < -0.39 is 23.7 Å². The largest absolute Gasteiger partial charge is 0.336 e. The van der Waals surface area contributed by atoms with Crippen molar-refractivity contribution < 1.29 is 19.2 Å².